The van der Waals surface area contributed by atoms with E-state index in [4.69, 9.17) is 9.47 Å². The zero-order valence-corrected chi connectivity index (χ0v) is 14.0. The van der Waals surface area contributed by atoms with E-state index >= 15 is 0 Å². The number of rotatable bonds is 4. The molecular formula is C19H22N2O3. The molecule has 0 aromatic heterocycles. The molecule has 2 aromatic carbocycles. The van der Waals surface area contributed by atoms with Crippen LogP contribution in [-0.4, -0.2) is 25.8 Å². The van der Waals surface area contributed by atoms with Crippen LogP contribution in [0.5, 0.6) is 11.5 Å². The number of anilines is 1. The second kappa shape index (κ2) is 7.25. The Kier molecular flexibility index (Phi) is 4.89. The van der Waals surface area contributed by atoms with E-state index in [9.17, 15) is 4.79 Å². The molecule has 0 unspecified atom stereocenters. The van der Waals surface area contributed by atoms with Gasteiger partial charge in [-0.3, -0.25) is 0 Å². The number of methoxy groups -OCH3 is 1. The molecular weight excluding hydrogens is 304 g/mol. The summed E-state index contributed by atoms with van der Waals surface area (Å²) in [6.45, 7) is 2.56. The van der Waals surface area contributed by atoms with E-state index in [1.54, 1.807) is 7.11 Å². The topological polar surface area (TPSA) is 59.6 Å². The van der Waals surface area contributed by atoms with Crippen molar-refractivity contribution in [2.75, 3.05) is 19.0 Å². The fourth-order valence-corrected chi connectivity index (χ4v) is 2.77. The van der Waals surface area contributed by atoms with E-state index in [0.717, 1.165) is 29.2 Å². The van der Waals surface area contributed by atoms with E-state index in [1.165, 1.54) is 5.56 Å². The number of carbonyl (C=O) groups excluding carboxylic acids is 1. The number of hydrogen-bond donors (Lipinski definition) is 2. The molecule has 5 heteroatoms. The van der Waals surface area contributed by atoms with Gasteiger partial charge in [-0.2, -0.15) is 0 Å². The summed E-state index contributed by atoms with van der Waals surface area (Å²) >= 11 is 0. The van der Waals surface area contributed by atoms with Crippen LogP contribution in [0.3, 0.4) is 0 Å². The van der Waals surface area contributed by atoms with Crippen LogP contribution in [-0.2, 0) is 12.8 Å². The van der Waals surface area contributed by atoms with Crippen molar-refractivity contribution in [2.24, 2.45) is 0 Å². The van der Waals surface area contributed by atoms with E-state index < -0.39 is 0 Å². The number of carbonyl (C=O) groups is 1. The Labute approximate surface area is 142 Å². The quantitative estimate of drug-likeness (QED) is 0.905. The number of urea groups is 1. The second-order valence-electron chi connectivity index (χ2n) is 5.83. The molecule has 2 N–H and O–H groups in total. The lowest BCUT2D eigenvalue weighted by Gasteiger charge is -2.26. The van der Waals surface area contributed by atoms with Gasteiger partial charge in [-0.1, -0.05) is 19.1 Å². The fourth-order valence-electron chi connectivity index (χ4n) is 2.77. The predicted octanol–water partition coefficient (Wildman–Crippen LogP) is 3.38. The lowest BCUT2D eigenvalue weighted by Crippen LogP contribution is -2.44. The maximum absolute atomic E-state index is 12.2. The molecule has 1 aliphatic rings. The molecule has 1 aliphatic heterocycles. The molecule has 0 radical (unpaired) electrons. The van der Waals surface area contributed by atoms with Crippen LogP contribution in [0.4, 0.5) is 10.5 Å². The van der Waals surface area contributed by atoms with Crippen molar-refractivity contribution in [1.29, 1.82) is 0 Å². The van der Waals surface area contributed by atoms with Gasteiger partial charge in [0.05, 0.1) is 13.2 Å². The Morgan fingerprint density at radius 3 is 2.75 bits per heavy atom. The van der Waals surface area contributed by atoms with E-state index in [2.05, 4.69) is 17.6 Å². The van der Waals surface area contributed by atoms with Gasteiger partial charge >= 0.3 is 6.03 Å². The summed E-state index contributed by atoms with van der Waals surface area (Å²) in [6, 6.07) is 13.3. The highest BCUT2D eigenvalue weighted by Gasteiger charge is 2.22. The highest BCUT2D eigenvalue weighted by Crippen LogP contribution is 2.28. The van der Waals surface area contributed by atoms with Gasteiger partial charge in [-0.15, -0.1) is 0 Å². The lowest BCUT2D eigenvalue weighted by molar-refractivity contribution is 0.222. The first-order valence-electron chi connectivity index (χ1n) is 8.14. The van der Waals surface area contributed by atoms with E-state index in [1.807, 2.05) is 42.5 Å². The minimum atomic E-state index is -0.223. The minimum Gasteiger partial charge on any atom is -0.497 e. The van der Waals surface area contributed by atoms with Gasteiger partial charge in [-0.05, 0) is 54.3 Å². The minimum absolute atomic E-state index is 0.0699. The third-order valence-electron chi connectivity index (χ3n) is 4.13. The third kappa shape index (κ3) is 3.79. The average molecular weight is 326 g/mol. The van der Waals surface area contributed by atoms with Gasteiger partial charge in [0.15, 0.2) is 0 Å². The van der Waals surface area contributed by atoms with Crippen molar-refractivity contribution in [3.63, 3.8) is 0 Å². The Hall–Kier alpha value is -2.69. The molecule has 2 aromatic rings. The summed E-state index contributed by atoms with van der Waals surface area (Å²) in [5, 5.41) is 5.82. The molecule has 1 atom stereocenters. The number of benzene rings is 2. The zero-order valence-electron chi connectivity index (χ0n) is 14.0. The summed E-state index contributed by atoms with van der Waals surface area (Å²) in [4.78, 5) is 12.2. The van der Waals surface area contributed by atoms with Crippen molar-refractivity contribution < 1.29 is 14.3 Å². The normalized spacial score (nSPS) is 15.8. The standard InChI is InChI=1S/C19H22N2O3/c1-3-13-4-6-15(7-5-13)20-19(22)21-16-10-14-11-17(23-2)8-9-18(14)24-12-16/h4-9,11,16H,3,10,12H2,1-2H3,(H2,20,21,22)/t16-/m1/s1. The van der Waals surface area contributed by atoms with Crippen molar-refractivity contribution >= 4 is 11.7 Å². The Balaban J connectivity index is 1.58. The van der Waals surface area contributed by atoms with Gasteiger partial charge in [0.25, 0.3) is 0 Å². The van der Waals surface area contributed by atoms with Gasteiger partial charge in [0.1, 0.15) is 18.1 Å². The number of fused-ring (bicyclic) bond motifs is 1. The van der Waals surface area contributed by atoms with E-state index in [-0.39, 0.29) is 12.1 Å². The van der Waals surface area contributed by atoms with Gasteiger partial charge < -0.3 is 20.1 Å². The molecule has 24 heavy (non-hydrogen) atoms. The average Bonchev–Trinajstić information content (AvgIpc) is 2.61. The zero-order chi connectivity index (χ0) is 16.9. The summed E-state index contributed by atoms with van der Waals surface area (Å²) in [5.41, 5.74) is 3.06. The van der Waals surface area contributed by atoms with Gasteiger partial charge in [0.2, 0.25) is 0 Å². The molecule has 0 aliphatic carbocycles. The van der Waals surface area contributed by atoms with E-state index in [0.29, 0.717) is 13.0 Å². The van der Waals surface area contributed by atoms with Crippen molar-refractivity contribution in [3.05, 3.63) is 53.6 Å². The summed E-state index contributed by atoms with van der Waals surface area (Å²) in [5.74, 6) is 1.64. The van der Waals surface area contributed by atoms with Crippen molar-refractivity contribution in [1.82, 2.24) is 5.32 Å². The monoisotopic (exact) mass is 326 g/mol. The first-order chi connectivity index (χ1) is 11.7. The molecule has 2 amide bonds. The molecule has 5 nitrogen and oxygen atoms in total. The third-order valence-corrected chi connectivity index (χ3v) is 4.13. The van der Waals surface area contributed by atoms with Gasteiger partial charge in [-0.25, -0.2) is 4.79 Å². The van der Waals surface area contributed by atoms with Crippen molar-refractivity contribution in [2.45, 2.75) is 25.8 Å². The number of ether oxygens (including phenoxy) is 2. The first-order valence-corrected chi connectivity index (χ1v) is 8.14. The Morgan fingerprint density at radius 2 is 2.04 bits per heavy atom. The molecule has 1 heterocycles. The smallest absolute Gasteiger partial charge is 0.319 e. The summed E-state index contributed by atoms with van der Waals surface area (Å²) in [7, 11) is 1.64. The van der Waals surface area contributed by atoms with Crippen LogP contribution in [0, 0.1) is 0 Å². The van der Waals surface area contributed by atoms with Crippen molar-refractivity contribution in [3.8, 4) is 11.5 Å². The number of aryl methyl sites for hydroxylation is 1. The maximum atomic E-state index is 12.2. The summed E-state index contributed by atoms with van der Waals surface area (Å²) < 4.78 is 11.0. The molecule has 0 spiro atoms. The fraction of sp³-hybridized carbons (Fsp3) is 0.316. The number of hydrogen-bond acceptors (Lipinski definition) is 3. The lowest BCUT2D eigenvalue weighted by atomic mass is 10.0. The highest BCUT2D eigenvalue weighted by molar-refractivity contribution is 5.89. The Morgan fingerprint density at radius 1 is 1.25 bits per heavy atom. The molecule has 0 fully saturated rings. The molecule has 0 bridgehead atoms. The van der Waals surface area contributed by atoms with Crippen LogP contribution in [0.15, 0.2) is 42.5 Å². The van der Waals surface area contributed by atoms with Crippen LogP contribution in [0.25, 0.3) is 0 Å². The summed E-state index contributed by atoms with van der Waals surface area (Å²) in [6.07, 6.45) is 1.70. The maximum Gasteiger partial charge on any atom is 0.319 e. The second-order valence-corrected chi connectivity index (χ2v) is 5.83. The highest BCUT2D eigenvalue weighted by atomic mass is 16.5. The largest absolute Gasteiger partial charge is 0.497 e. The van der Waals surface area contributed by atoms with Gasteiger partial charge in [0, 0.05) is 5.69 Å². The van der Waals surface area contributed by atoms with Crippen LogP contribution < -0.4 is 20.1 Å². The van der Waals surface area contributed by atoms with Crippen LogP contribution in [0.1, 0.15) is 18.1 Å². The molecule has 126 valence electrons. The SMILES string of the molecule is CCc1ccc(NC(=O)N[C@H]2COc3ccc(OC)cc3C2)cc1. The predicted molar refractivity (Wildman–Crippen MR) is 94.0 cm³/mol. The van der Waals surface area contributed by atoms with Crippen LogP contribution >= 0.6 is 0 Å². The molecule has 0 saturated carbocycles. The molecule has 0 saturated heterocycles. The molecule has 3 rings (SSSR count). The number of amides is 2. The first kappa shape index (κ1) is 16.2. The number of nitrogens with one attached hydrogen (secondary N) is 2. The Bertz CT molecular complexity index is 713. The van der Waals surface area contributed by atoms with Crippen LogP contribution in [0.2, 0.25) is 0 Å².